The Hall–Kier alpha value is -1.86. The molecule has 0 aliphatic carbocycles. The van der Waals surface area contributed by atoms with E-state index in [9.17, 15) is 13.6 Å². The summed E-state index contributed by atoms with van der Waals surface area (Å²) >= 11 is 1.26. The zero-order valence-corrected chi connectivity index (χ0v) is 11.1. The van der Waals surface area contributed by atoms with E-state index in [0.717, 1.165) is 22.7 Å². The Morgan fingerprint density at radius 3 is 2.80 bits per heavy atom. The van der Waals surface area contributed by atoms with Gasteiger partial charge in [0, 0.05) is 6.42 Å². The van der Waals surface area contributed by atoms with Gasteiger partial charge in [0.2, 0.25) is 0 Å². The van der Waals surface area contributed by atoms with Gasteiger partial charge in [-0.25, -0.2) is 13.8 Å². The third kappa shape index (κ3) is 2.41. The van der Waals surface area contributed by atoms with Crippen LogP contribution in [0.15, 0.2) is 18.2 Å². The van der Waals surface area contributed by atoms with Crippen LogP contribution in [-0.4, -0.2) is 17.5 Å². The molecular weight excluding hydrogens is 286 g/mol. The predicted molar refractivity (Wildman–Crippen MR) is 69.8 cm³/mol. The van der Waals surface area contributed by atoms with E-state index in [1.807, 2.05) is 0 Å². The number of nitrogens with zero attached hydrogens (tertiary/aromatic N) is 1. The molecule has 0 saturated heterocycles. The van der Waals surface area contributed by atoms with Gasteiger partial charge < -0.3 is 4.74 Å². The second-order valence-electron chi connectivity index (χ2n) is 4.24. The second kappa shape index (κ2) is 5.26. The summed E-state index contributed by atoms with van der Waals surface area (Å²) in [6, 6.07) is 3.29. The molecule has 1 amide bonds. The Balaban J connectivity index is 1.84. The lowest BCUT2D eigenvalue weighted by Crippen LogP contribution is -2.15. The first kappa shape index (κ1) is 13.1. The van der Waals surface area contributed by atoms with Crippen molar-refractivity contribution in [2.75, 3.05) is 11.9 Å². The number of thiazole rings is 1. The summed E-state index contributed by atoms with van der Waals surface area (Å²) in [5.41, 5.74) is 0.266. The number of aromatic nitrogens is 1. The maximum absolute atomic E-state index is 13.5. The van der Waals surface area contributed by atoms with Crippen LogP contribution in [0.25, 0.3) is 0 Å². The third-order valence-electron chi connectivity index (χ3n) is 2.90. The van der Waals surface area contributed by atoms with Crippen molar-refractivity contribution in [3.63, 3.8) is 0 Å². The number of anilines is 1. The minimum atomic E-state index is -0.896. The molecule has 0 bridgehead atoms. The molecule has 0 spiro atoms. The van der Waals surface area contributed by atoms with Crippen molar-refractivity contribution in [3.05, 3.63) is 46.0 Å². The summed E-state index contributed by atoms with van der Waals surface area (Å²) < 4.78 is 32.3. The standard InChI is InChI=1S/C13H10F2N2O2S/c14-7-2-1-3-8(15)11(7)12(18)17-13-16-9-4-5-19-6-10(9)20-13/h1-3H,4-6H2,(H,16,17,18). The van der Waals surface area contributed by atoms with Crippen molar-refractivity contribution in [1.82, 2.24) is 4.98 Å². The number of halogens is 2. The number of amides is 1. The second-order valence-corrected chi connectivity index (χ2v) is 5.33. The van der Waals surface area contributed by atoms with Crippen LogP contribution in [0.4, 0.5) is 13.9 Å². The van der Waals surface area contributed by atoms with E-state index in [1.54, 1.807) is 0 Å². The van der Waals surface area contributed by atoms with Crippen LogP contribution in [-0.2, 0) is 17.8 Å². The molecule has 1 aromatic carbocycles. The van der Waals surface area contributed by atoms with Crippen molar-refractivity contribution in [2.45, 2.75) is 13.0 Å². The summed E-state index contributed by atoms with van der Waals surface area (Å²) in [6.07, 6.45) is 0.676. The zero-order valence-electron chi connectivity index (χ0n) is 10.3. The van der Waals surface area contributed by atoms with Crippen LogP contribution in [0.3, 0.4) is 0 Å². The summed E-state index contributed by atoms with van der Waals surface area (Å²) in [5, 5.41) is 2.76. The van der Waals surface area contributed by atoms with Crippen LogP contribution < -0.4 is 5.32 Å². The molecule has 1 aliphatic heterocycles. The molecule has 7 heteroatoms. The average Bonchev–Trinajstić information content (AvgIpc) is 2.80. The normalized spacial score (nSPS) is 13.9. The highest BCUT2D eigenvalue weighted by molar-refractivity contribution is 7.15. The van der Waals surface area contributed by atoms with Gasteiger partial charge in [0.1, 0.15) is 17.2 Å². The lowest BCUT2D eigenvalue weighted by molar-refractivity contribution is 0.101. The third-order valence-corrected chi connectivity index (χ3v) is 3.89. The molecule has 20 heavy (non-hydrogen) atoms. The van der Waals surface area contributed by atoms with Crippen molar-refractivity contribution in [1.29, 1.82) is 0 Å². The number of hydrogen-bond donors (Lipinski definition) is 1. The van der Waals surface area contributed by atoms with E-state index < -0.39 is 23.1 Å². The van der Waals surface area contributed by atoms with Crippen molar-refractivity contribution in [3.8, 4) is 0 Å². The van der Waals surface area contributed by atoms with Crippen LogP contribution in [0.1, 0.15) is 20.9 Å². The number of benzene rings is 1. The molecule has 0 saturated carbocycles. The molecule has 4 nitrogen and oxygen atoms in total. The highest BCUT2D eigenvalue weighted by Gasteiger charge is 2.20. The van der Waals surface area contributed by atoms with Crippen LogP contribution in [0, 0.1) is 11.6 Å². The van der Waals surface area contributed by atoms with Gasteiger partial charge in [-0.3, -0.25) is 10.1 Å². The molecule has 1 aliphatic rings. The number of fused-ring (bicyclic) bond motifs is 1. The smallest absolute Gasteiger partial charge is 0.263 e. The van der Waals surface area contributed by atoms with Crippen molar-refractivity contribution >= 4 is 22.4 Å². The van der Waals surface area contributed by atoms with E-state index in [1.165, 1.54) is 17.4 Å². The summed E-state index contributed by atoms with van der Waals surface area (Å²) in [4.78, 5) is 17.1. The first-order valence-corrected chi connectivity index (χ1v) is 6.78. The Morgan fingerprint density at radius 1 is 1.35 bits per heavy atom. The number of rotatable bonds is 2. The summed E-state index contributed by atoms with van der Waals surface area (Å²) in [7, 11) is 0. The van der Waals surface area contributed by atoms with E-state index in [-0.39, 0.29) is 0 Å². The van der Waals surface area contributed by atoms with E-state index >= 15 is 0 Å². The minimum Gasteiger partial charge on any atom is -0.375 e. The van der Waals surface area contributed by atoms with E-state index in [2.05, 4.69) is 10.3 Å². The number of nitrogens with one attached hydrogen (secondary N) is 1. The maximum Gasteiger partial charge on any atom is 0.263 e. The van der Waals surface area contributed by atoms with Crippen molar-refractivity contribution < 1.29 is 18.3 Å². The number of hydrogen-bond acceptors (Lipinski definition) is 4. The molecule has 2 aromatic rings. The molecular formula is C13H10F2N2O2S. The zero-order chi connectivity index (χ0) is 14.1. The molecule has 1 aromatic heterocycles. The molecule has 3 rings (SSSR count). The van der Waals surface area contributed by atoms with Crippen LogP contribution in [0.2, 0.25) is 0 Å². The summed E-state index contributed by atoms with van der Waals surface area (Å²) in [5.74, 6) is -2.63. The van der Waals surface area contributed by atoms with Crippen LogP contribution >= 0.6 is 11.3 Å². The quantitative estimate of drug-likeness (QED) is 0.927. The minimum absolute atomic E-state index is 0.327. The first-order chi connectivity index (χ1) is 9.65. The Labute approximate surface area is 117 Å². The Kier molecular flexibility index (Phi) is 3.45. The topological polar surface area (TPSA) is 51.2 Å². The largest absolute Gasteiger partial charge is 0.375 e. The Bertz CT molecular complexity index is 629. The molecule has 0 radical (unpaired) electrons. The maximum atomic E-state index is 13.5. The van der Waals surface area contributed by atoms with E-state index in [0.29, 0.717) is 24.8 Å². The van der Waals surface area contributed by atoms with Gasteiger partial charge >= 0.3 is 0 Å². The van der Waals surface area contributed by atoms with Gasteiger partial charge in [-0.05, 0) is 12.1 Å². The predicted octanol–water partition coefficient (Wildman–Crippen LogP) is 2.75. The molecule has 0 unspecified atom stereocenters. The highest BCUT2D eigenvalue weighted by atomic mass is 32.1. The van der Waals surface area contributed by atoms with Gasteiger partial charge in [-0.1, -0.05) is 17.4 Å². The van der Waals surface area contributed by atoms with Crippen molar-refractivity contribution in [2.24, 2.45) is 0 Å². The first-order valence-electron chi connectivity index (χ1n) is 5.97. The number of carbonyl (C=O) groups excluding carboxylic acids is 1. The molecule has 2 heterocycles. The monoisotopic (exact) mass is 296 g/mol. The van der Waals surface area contributed by atoms with Gasteiger partial charge in [-0.15, -0.1) is 0 Å². The molecule has 104 valence electrons. The lowest BCUT2D eigenvalue weighted by Gasteiger charge is -2.08. The molecule has 0 fully saturated rings. The van der Waals surface area contributed by atoms with Gasteiger partial charge in [-0.2, -0.15) is 0 Å². The molecule has 0 atom stereocenters. The fourth-order valence-corrected chi connectivity index (χ4v) is 2.89. The average molecular weight is 296 g/mol. The number of ether oxygens (including phenoxy) is 1. The highest BCUT2D eigenvalue weighted by Crippen LogP contribution is 2.27. The van der Waals surface area contributed by atoms with Crippen LogP contribution in [0.5, 0.6) is 0 Å². The van der Waals surface area contributed by atoms with E-state index in [4.69, 9.17) is 4.74 Å². The summed E-state index contributed by atoms with van der Waals surface area (Å²) in [6.45, 7) is 1.04. The Morgan fingerprint density at radius 2 is 2.10 bits per heavy atom. The van der Waals surface area contributed by atoms with Gasteiger partial charge in [0.15, 0.2) is 5.13 Å². The number of carbonyl (C=O) groups is 1. The SMILES string of the molecule is O=C(Nc1nc2c(s1)COCC2)c1c(F)cccc1F. The fourth-order valence-electron chi connectivity index (χ4n) is 1.95. The lowest BCUT2D eigenvalue weighted by atomic mass is 10.2. The molecule has 1 N–H and O–H groups in total. The van der Waals surface area contributed by atoms with Gasteiger partial charge in [0.05, 0.1) is 23.8 Å². The fraction of sp³-hybridized carbons (Fsp3) is 0.231. The van der Waals surface area contributed by atoms with Gasteiger partial charge in [0.25, 0.3) is 5.91 Å².